The molecule has 0 aliphatic heterocycles. The van der Waals surface area contributed by atoms with Crippen LogP contribution in [0.5, 0.6) is 0 Å². The summed E-state index contributed by atoms with van der Waals surface area (Å²) in [5.41, 5.74) is -1.38. The SMILES string of the molecule is O=C1C(c2ccc3cc(S(=O)(=O)O)cc(C4C(=O)c5c(Cl)c(Cl)c(Cl)c(Cl)c5C4=O)c3c2)=C(O)c2c(Cl)c(Cl)c(Cl)c(Cl)c21.[Y]. The van der Waals surface area contributed by atoms with Gasteiger partial charge in [0, 0.05) is 32.7 Å². The fourth-order valence-electron chi connectivity index (χ4n) is 5.38. The molecular formula is C28H8Cl8O7SY. The molecule has 7 nitrogen and oxygen atoms in total. The first kappa shape index (κ1) is 35.3. The Bertz CT molecular complexity index is 2220. The molecule has 2 aliphatic rings. The van der Waals surface area contributed by atoms with Crippen LogP contribution in [0.3, 0.4) is 0 Å². The van der Waals surface area contributed by atoms with E-state index in [9.17, 15) is 32.5 Å². The Labute approximate surface area is 318 Å². The number of hydrogen-bond donors (Lipinski definition) is 2. The van der Waals surface area contributed by atoms with Gasteiger partial charge in [0.15, 0.2) is 17.3 Å². The molecule has 0 fully saturated rings. The molecule has 0 bridgehead atoms. The Balaban J connectivity index is 0.00000400. The van der Waals surface area contributed by atoms with Gasteiger partial charge in [-0.1, -0.05) is 105 Å². The number of aliphatic hydroxyl groups is 1. The van der Waals surface area contributed by atoms with Crippen molar-refractivity contribution in [3.8, 4) is 0 Å². The molecular weight excluding hydrogens is 853 g/mol. The van der Waals surface area contributed by atoms with Crippen molar-refractivity contribution in [2.75, 3.05) is 0 Å². The maximum absolute atomic E-state index is 13.7. The van der Waals surface area contributed by atoms with E-state index in [-0.39, 0.29) is 123 Å². The number of carbonyl (C=O) groups is 3. The van der Waals surface area contributed by atoms with Gasteiger partial charge in [0.25, 0.3) is 10.1 Å². The zero-order valence-electron chi connectivity index (χ0n) is 21.4. The molecule has 0 amide bonds. The molecule has 6 rings (SSSR count). The van der Waals surface area contributed by atoms with Crippen LogP contribution in [0, 0.1) is 0 Å². The molecule has 0 unspecified atom stereocenters. The van der Waals surface area contributed by atoms with Gasteiger partial charge in [0.1, 0.15) is 11.7 Å². The van der Waals surface area contributed by atoms with E-state index in [2.05, 4.69) is 0 Å². The number of rotatable bonds is 3. The second-order valence-electron chi connectivity index (χ2n) is 9.65. The third kappa shape index (κ3) is 5.20. The maximum atomic E-state index is 13.7. The van der Waals surface area contributed by atoms with Crippen molar-refractivity contribution < 1.29 is 65.2 Å². The minimum atomic E-state index is -4.85. The smallest absolute Gasteiger partial charge is 0.294 e. The Morgan fingerprint density at radius 2 is 1.09 bits per heavy atom. The molecule has 0 atom stereocenters. The molecule has 2 aliphatic carbocycles. The molecule has 1 radical (unpaired) electrons. The normalized spacial score (nSPS) is 14.8. The molecule has 0 saturated carbocycles. The summed E-state index contributed by atoms with van der Waals surface area (Å²) >= 11 is 49.7. The molecule has 4 aromatic rings. The Kier molecular flexibility index (Phi) is 9.55. The standard InChI is InChI=1S/C28H8Cl8O7S.Y/c29-17-13-14(18(30)22(34)21(17)33)26(38)11(25(13)37)7-2-1-6-3-8(44(41,42)43)5-10(9(6)4-7)12-27(39)15-16(28(12)40)20(32)24(36)23(35)19(15)31;/h1-5,12,37H,(H,41,42,43);. The van der Waals surface area contributed by atoms with Crippen LogP contribution in [-0.2, 0) is 42.8 Å². The first-order valence-corrected chi connectivity index (χ1v) is 16.3. The number of benzene rings is 4. The number of hydrogen-bond acceptors (Lipinski definition) is 6. The van der Waals surface area contributed by atoms with Gasteiger partial charge in [-0.3, -0.25) is 18.9 Å². The van der Waals surface area contributed by atoms with E-state index in [0.717, 1.165) is 12.1 Å². The zero-order valence-corrected chi connectivity index (χ0v) is 31.1. The van der Waals surface area contributed by atoms with Crippen molar-refractivity contribution in [1.29, 1.82) is 0 Å². The average molecular weight is 861 g/mol. The number of fused-ring (bicyclic) bond motifs is 3. The van der Waals surface area contributed by atoms with Crippen molar-refractivity contribution in [2.24, 2.45) is 0 Å². The van der Waals surface area contributed by atoms with E-state index < -0.39 is 44.0 Å². The Hall–Kier alpha value is -0.976. The van der Waals surface area contributed by atoms with Crippen LogP contribution in [0.4, 0.5) is 0 Å². The summed E-state index contributed by atoms with van der Waals surface area (Å²) < 4.78 is 34.3. The van der Waals surface area contributed by atoms with Gasteiger partial charge in [-0.2, -0.15) is 8.42 Å². The van der Waals surface area contributed by atoms with Crippen molar-refractivity contribution in [1.82, 2.24) is 0 Å². The molecule has 4 aromatic carbocycles. The predicted molar refractivity (Wildman–Crippen MR) is 172 cm³/mol. The minimum absolute atomic E-state index is 0. The van der Waals surface area contributed by atoms with E-state index in [1.807, 2.05) is 0 Å². The van der Waals surface area contributed by atoms with Gasteiger partial charge >= 0.3 is 0 Å². The monoisotopic (exact) mass is 857 g/mol. The summed E-state index contributed by atoms with van der Waals surface area (Å²) in [6.45, 7) is 0. The molecule has 0 spiro atoms. The summed E-state index contributed by atoms with van der Waals surface area (Å²) in [6, 6.07) is 6.08. The van der Waals surface area contributed by atoms with E-state index in [4.69, 9.17) is 92.8 Å². The topological polar surface area (TPSA) is 126 Å². The number of allylic oxidation sites excluding steroid dienone is 1. The fraction of sp³-hybridized carbons (Fsp3) is 0.0357. The Morgan fingerprint density at radius 3 is 1.58 bits per heavy atom. The quantitative estimate of drug-likeness (QED) is 0.0909. The van der Waals surface area contributed by atoms with Gasteiger partial charge < -0.3 is 5.11 Å². The van der Waals surface area contributed by atoms with Gasteiger partial charge in [-0.05, 0) is 40.1 Å². The largest absolute Gasteiger partial charge is 0.506 e. The van der Waals surface area contributed by atoms with Crippen molar-refractivity contribution in [3.05, 3.63) is 104 Å². The van der Waals surface area contributed by atoms with Crippen LogP contribution in [-0.4, -0.2) is 35.4 Å². The molecule has 2 N–H and O–H groups in total. The third-order valence-electron chi connectivity index (χ3n) is 7.34. The van der Waals surface area contributed by atoms with Gasteiger partial charge in [0.05, 0.1) is 72.9 Å². The van der Waals surface area contributed by atoms with Crippen molar-refractivity contribution in [3.63, 3.8) is 0 Å². The Morgan fingerprint density at radius 1 is 0.622 bits per heavy atom. The molecule has 0 saturated heterocycles. The van der Waals surface area contributed by atoms with Crippen LogP contribution in [0.2, 0.25) is 40.2 Å². The predicted octanol–water partition coefficient (Wildman–Crippen LogP) is 10.1. The van der Waals surface area contributed by atoms with Crippen molar-refractivity contribution >= 4 is 142 Å². The number of aliphatic hydroxyl groups excluding tert-OH is 1. The molecule has 45 heavy (non-hydrogen) atoms. The molecule has 17 heteroatoms. The van der Waals surface area contributed by atoms with Gasteiger partial charge in [0.2, 0.25) is 0 Å². The summed E-state index contributed by atoms with van der Waals surface area (Å²) in [5, 5.41) is 9.32. The average Bonchev–Trinajstić information content (AvgIpc) is 3.39. The minimum Gasteiger partial charge on any atom is -0.506 e. The second kappa shape index (κ2) is 12.2. The van der Waals surface area contributed by atoms with Crippen LogP contribution in [0.1, 0.15) is 53.7 Å². The third-order valence-corrected chi connectivity index (χ3v) is 11.8. The van der Waals surface area contributed by atoms with Crippen LogP contribution in [0.15, 0.2) is 35.2 Å². The van der Waals surface area contributed by atoms with E-state index in [0.29, 0.717) is 0 Å². The fourth-order valence-corrected chi connectivity index (χ4v) is 8.00. The first-order chi connectivity index (χ1) is 20.5. The molecule has 0 aromatic heterocycles. The summed E-state index contributed by atoms with van der Waals surface area (Å²) in [6.07, 6.45) is 0. The number of ketones is 3. The number of halogens is 8. The summed E-state index contributed by atoms with van der Waals surface area (Å²) in [5.74, 6) is -4.79. The van der Waals surface area contributed by atoms with E-state index in [1.54, 1.807) is 0 Å². The maximum Gasteiger partial charge on any atom is 0.294 e. The molecule has 227 valence electrons. The number of carbonyl (C=O) groups excluding carboxylic acids is 3. The van der Waals surface area contributed by atoms with Crippen LogP contribution < -0.4 is 0 Å². The van der Waals surface area contributed by atoms with Gasteiger partial charge in [-0.15, -0.1) is 0 Å². The van der Waals surface area contributed by atoms with E-state index in [1.165, 1.54) is 18.2 Å². The molecule has 0 heterocycles. The zero-order chi connectivity index (χ0) is 32.3. The van der Waals surface area contributed by atoms with Crippen molar-refractivity contribution in [2.45, 2.75) is 10.8 Å². The van der Waals surface area contributed by atoms with Crippen LogP contribution >= 0.6 is 92.8 Å². The summed E-state index contributed by atoms with van der Waals surface area (Å²) in [7, 11) is -4.85. The second-order valence-corrected chi connectivity index (χ2v) is 14.1. The van der Waals surface area contributed by atoms with Crippen LogP contribution in [0.25, 0.3) is 22.1 Å². The van der Waals surface area contributed by atoms with E-state index >= 15 is 0 Å². The first-order valence-electron chi connectivity index (χ1n) is 11.8. The van der Waals surface area contributed by atoms with Gasteiger partial charge in [-0.25, -0.2) is 0 Å². The summed E-state index contributed by atoms with van der Waals surface area (Å²) in [4.78, 5) is 40.4. The number of Topliss-reactive ketones (excluding diaryl/α,β-unsaturated/α-hetero) is 3.